The van der Waals surface area contributed by atoms with Crippen molar-refractivity contribution in [2.45, 2.75) is 32.0 Å². The number of benzene rings is 1. The van der Waals surface area contributed by atoms with Gasteiger partial charge in [0.15, 0.2) is 0 Å². The Balaban J connectivity index is 2.08. The average Bonchev–Trinajstić information content (AvgIpc) is 2.36. The molecular formula is C16H21NO5. The molecule has 0 bridgehead atoms. The van der Waals surface area contributed by atoms with Crippen LogP contribution in [0.3, 0.4) is 0 Å². The van der Waals surface area contributed by atoms with Crippen LogP contribution in [0.4, 0.5) is 4.79 Å². The highest BCUT2D eigenvalue weighted by Crippen LogP contribution is 2.36. The minimum atomic E-state index is -1.04. The minimum absolute atomic E-state index is 0.277. The first kappa shape index (κ1) is 16.3. The maximum Gasteiger partial charge on any atom is 0.410 e. The Morgan fingerprint density at radius 2 is 1.82 bits per heavy atom. The number of nitrogens with zero attached hydrogens (tertiary/aromatic N) is 1. The zero-order chi connectivity index (χ0) is 16.4. The van der Waals surface area contributed by atoms with Crippen molar-refractivity contribution >= 4 is 12.1 Å². The molecule has 6 nitrogen and oxygen atoms in total. The van der Waals surface area contributed by atoms with E-state index >= 15 is 0 Å². The van der Waals surface area contributed by atoms with Gasteiger partial charge in [-0.1, -0.05) is 30.3 Å². The zero-order valence-corrected chi connectivity index (χ0v) is 13.0. The van der Waals surface area contributed by atoms with E-state index in [1.54, 1.807) is 20.8 Å². The van der Waals surface area contributed by atoms with Crippen molar-refractivity contribution in [1.82, 2.24) is 4.90 Å². The third-order valence-electron chi connectivity index (χ3n) is 3.32. The van der Waals surface area contributed by atoms with Crippen LogP contribution in [0.5, 0.6) is 0 Å². The lowest BCUT2D eigenvalue weighted by Gasteiger charge is -2.49. The molecule has 1 amide bonds. The van der Waals surface area contributed by atoms with E-state index in [4.69, 9.17) is 14.6 Å². The molecule has 0 radical (unpaired) electrons. The molecule has 0 saturated carbocycles. The lowest BCUT2D eigenvalue weighted by atomic mass is 9.86. The van der Waals surface area contributed by atoms with Crippen molar-refractivity contribution in [3.05, 3.63) is 35.9 Å². The Kier molecular flexibility index (Phi) is 4.42. The summed E-state index contributed by atoms with van der Waals surface area (Å²) in [6.45, 7) is 5.55. The summed E-state index contributed by atoms with van der Waals surface area (Å²) in [6.07, 6.45) is -0.419. The Morgan fingerprint density at radius 3 is 2.32 bits per heavy atom. The number of carbonyl (C=O) groups is 2. The molecule has 22 heavy (non-hydrogen) atoms. The smallest absolute Gasteiger partial charge is 0.410 e. The van der Waals surface area contributed by atoms with Gasteiger partial charge in [0.25, 0.3) is 0 Å². The summed E-state index contributed by atoms with van der Waals surface area (Å²) >= 11 is 0. The molecule has 1 aromatic rings. The van der Waals surface area contributed by atoms with Gasteiger partial charge in [0, 0.05) is 0 Å². The standard InChI is InChI=1S/C16H21NO5/c1-15(2,3)22-14(20)17-10-16(11-17,21-9-13(18)19)12-7-5-4-6-8-12/h4-8H,9-11H2,1-3H3,(H,18,19). The van der Waals surface area contributed by atoms with Gasteiger partial charge in [0.05, 0.1) is 13.1 Å². The van der Waals surface area contributed by atoms with E-state index in [0.29, 0.717) is 0 Å². The number of rotatable bonds is 4. The predicted octanol–water partition coefficient (Wildman–Crippen LogP) is 2.23. The molecule has 0 spiro atoms. The number of aliphatic carboxylic acids is 1. The Hall–Kier alpha value is -2.08. The quantitative estimate of drug-likeness (QED) is 0.923. The van der Waals surface area contributed by atoms with Crippen LogP contribution in [0.15, 0.2) is 30.3 Å². The first-order valence-electron chi connectivity index (χ1n) is 7.11. The highest BCUT2D eigenvalue weighted by atomic mass is 16.6. The Labute approximate surface area is 129 Å². The fourth-order valence-electron chi connectivity index (χ4n) is 2.32. The second-order valence-electron chi connectivity index (χ2n) is 6.38. The van der Waals surface area contributed by atoms with E-state index in [9.17, 15) is 9.59 Å². The molecule has 6 heteroatoms. The van der Waals surface area contributed by atoms with E-state index < -0.39 is 29.9 Å². The number of amides is 1. The molecule has 1 aliphatic rings. The Bertz CT molecular complexity index is 543. The van der Waals surface area contributed by atoms with Gasteiger partial charge in [-0.05, 0) is 26.3 Å². The molecule has 0 unspecified atom stereocenters. The summed E-state index contributed by atoms with van der Waals surface area (Å²) in [5, 5.41) is 8.84. The summed E-state index contributed by atoms with van der Waals surface area (Å²) in [6, 6.07) is 9.33. The fraction of sp³-hybridized carbons (Fsp3) is 0.500. The molecule has 1 aliphatic heterocycles. The van der Waals surface area contributed by atoms with Crippen LogP contribution >= 0.6 is 0 Å². The van der Waals surface area contributed by atoms with E-state index in [0.717, 1.165) is 5.56 Å². The number of ether oxygens (including phenoxy) is 2. The average molecular weight is 307 g/mol. The highest BCUT2D eigenvalue weighted by molar-refractivity contribution is 5.70. The summed E-state index contributed by atoms with van der Waals surface area (Å²) in [5.74, 6) is -1.04. The summed E-state index contributed by atoms with van der Waals surface area (Å²) in [5.41, 5.74) is -0.489. The Morgan fingerprint density at radius 1 is 1.23 bits per heavy atom. The molecule has 2 rings (SSSR count). The van der Waals surface area contributed by atoms with E-state index in [1.165, 1.54) is 4.90 Å². The van der Waals surface area contributed by atoms with Crippen LogP contribution in [0.2, 0.25) is 0 Å². The van der Waals surface area contributed by atoms with Gasteiger partial charge < -0.3 is 19.5 Å². The molecule has 0 aromatic heterocycles. The SMILES string of the molecule is CC(C)(C)OC(=O)N1CC(OCC(=O)O)(c2ccccc2)C1. The van der Waals surface area contributed by atoms with Gasteiger partial charge >= 0.3 is 12.1 Å². The van der Waals surface area contributed by atoms with Crippen molar-refractivity contribution in [3.8, 4) is 0 Å². The molecule has 120 valence electrons. The number of hydrogen-bond donors (Lipinski definition) is 1. The van der Waals surface area contributed by atoms with Crippen molar-refractivity contribution < 1.29 is 24.2 Å². The molecule has 1 N–H and O–H groups in total. The minimum Gasteiger partial charge on any atom is -0.480 e. The monoisotopic (exact) mass is 307 g/mol. The van der Waals surface area contributed by atoms with Crippen LogP contribution in [-0.2, 0) is 19.9 Å². The predicted molar refractivity (Wildman–Crippen MR) is 79.5 cm³/mol. The third-order valence-corrected chi connectivity index (χ3v) is 3.32. The van der Waals surface area contributed by atoms with Gasteiger partial charge in [-0.15, -0.1) is 0 Å². The van der Waals surface area contributed by atoms with Crippen LogP contribution in [0.25, 0.3) is 0 Å². The number of carboxylic acid groups (broad SMARTS) is 1. The molecule has 0 atom stereocenters. The third kappa shape index (κ3) is 3.76. The van der Waals surface area contributed by atoms with E-state index in [1.807, 2.05) is 30.3 Å². The summed E-state index contributed by atoms with van der Waals surface area (Å²) in [4.78, 5) is 24.3. The van der Waals surface area contributed by atoms with Crippen LogP contribution in [0, 0.1) is 0 Å². The normalized spacial score (nSPS) is 16.8. The molecule has 1 heterocycles. The topological polar surface area (TPSA) is 76.1 Å². The lowest BCUT2D eigenvalue weighted by molar-refractivity contribution is -0.170. The summed E-state index contributed by atoms with van der Waals surface area (Å²) < 4.78 is 10.9. The number of likely N-dealkylation sites (tertiary alicyclic amines) is 1. The van der Waals surface area contributed by atoms with E-state index in [2.05, 4.69) is 0 Å². The maximum absolute atomic E-state index is 12.0. The van der Waals surface area contributed by atoms with Gasteiger partial charge in [0.2, 0.25) is 0 Å². The van der Waals surface area contributed by atoms with Gasteiger partial charge in [-0.25, -0.2) is 9.59 Å². The maximum atomic E-state index is 12.0. The number of carbonyl (C=O) groups excluding carboxylic acids is 1. The molecular weight excluding hydrogens is 286 g/mol. The van der Waals surface area contributed by atoms with Crippen LogP contribution in [0.1, 0.15) is 26.3 Å². The first-order chi connectivity index (χ1) is 10.2. The molecule has 0 aliphatic carbocycles. The molecule has 1 saturated heterocycles. The lowest BCUT2D eigenvalue weighted by Crippen LogP contribution is -2.63. The van der Waals surface area contributed by atoms with Crippen molar-refractivity contribution in [1.29, 1.82) is 0 Å². The second kappa shape index (κ2) is 5.96. The largest absolute Gasteiger partial charge is 0.480 e. The zero-order valence-electron chi connectivity index (χ0n) is 13.0. The molecule has 1 aromatic carbocycles. The highest BCUT2D eigenvalue weighted by Gasteiger charge is 2.49. The van der Waals surface area contributed by atoms with Crippen molar-refractivity contribution in [3.63, 3.8) is 0 Å². The van der Waals surface area contributed by atoms with Crippen molar-refractivity contribution in [2.75, 3.05) is 19.7 Å². The summed E-state index contributed by atoms with van der Waals surface area (Å²) in [7, 11) is 0. The number of carboxylic acids is 1. The van der Waals surface area contributed by atoms with Crippen LogP contribution < -0.4 is 0 Å². The van der Waals surface area contributed by atoms with E-state index in [-0.39, 0.29) is 13.1 Å². The number of hydrogen-bond acceptors (Lipinski definition) is 4. The van der Waals surface area contributed by atoms with Crippen LogP contribution in [-0.4, -0.2) is 47.4 Å². The van der Waals surface area contributed by atoms with Gasteiger partial charge in [0.1, 0.15) is 17.8 Å². The van der Waals surface area contributed by atoms with Gasteiger partial charge in [-0.2, -0.15) is 0 Å². The first-order valence-corrected chi connectivity index (χ1v) is 7.11. The second-order valence-corrected chi connectivity index (χ2v) is 6.38. The van der Waals surface area contributed by atoms with Crippen molar-refractivity contribution in [2.24, 2.45) is 0 Å². The van der Waals surface area contributed by atoms with Gasteiger partial charge in [-0.3, -0.25) is 0 Å². The fourth-order valence-corrected chi connectivity index (χ4v) is 2.32. The molecule has 1 fully saturated rings.